The lowest BCUT2D eigenvalue weighted by molar-refractivity contribution is 0.0782. The number of methoxy groups -OCH3 is 1. The first kappa shape index (κ1) is 65.8. The maximum atomic E-state index is 8.78. The van der Waals surface area contributed by atoms with Crippen LogP contribution in [0.4, 0.5) is 0 Å². The second-order valence-electron chi connectivity index (χ2n) is 19.6. The van der Waals surface area contributed by atoms with E-state index in [0.29, 0.717) is 31.5 Å². The zero-order chi connectivity index (χ0) is 45.0. The molecule has 2 fully saturated rings. The van der Waals surface area contributed by atoms with E-state index in [1.807, 2.05) is 13.8 Å². The Hall–Kier alpha value is -0.320. The summed E-state index contributed by atoms with van der Waals surface area (Å²) in [7, 11) is 5.97. The van der Waals surface area contributed by atoms with Gasteiger partial charge in [-0.3, -0.25) is 0 Å². The van der Waals surface area contributed by atoms with Crippen molar-refractivity contribution < 1.29 is 25.2 Å². The quantitative estimate of drug-likeness (QED) is 0.0964. The summed E-state index contributed by atoms with van der Waals surface area (Å²) in [6, 6.07) is 0. The van der Waals surface area contributed by atoms with Gasteiger partial charge in [0.1, 0.15) is 0 Å². The largest absolute Gasteiger partial charge is 0.396 e. The minimum absolute atomic E-state index is 0.113. The molecule has 0 spiro atoms. The third-order valence-electron chi connectivity index (χ3n) is 9.35. The summed E-state index contributed by atoms with van der Waals surface area (Å²) in [6.07, 6.45) is 15.6. The molecule has 1 unspecified atom stereocenters. The molecule has 8 heteroatoms. The Morgan fingerprint density at radius 2 is 0.877 bits per heavy atom. The Kier molecular flexibility index (Phi) is 57.8. The molecule has 0 radical (unpaired) electrons. The average Bonchev–Trinajstić information content (AvgIpc) is 3.66. The van der Waals surface area contributed by atoms with E-state index < -0.39 is 6.10 Å². The third kappa shape index (κ3) is 73.6. The van der Waals surface area contributed by atoms with Crippen LogP contribution in [0.1, 0.15) is 180 Å². The van der Waals surface area contributed by atoms with Crippen molar-refractivity contribution in [1.82, 2.24) is 14.7 Å². The van der Waals surface area contributed by atoms with Crippen molar-refractivity contribution >= 4 is 0 Å². The van der Waals surface area contributed by atoms with E-state index in [4.69, 9.17) is 25.2 Å². The number of ether oxygens (including phenoxy) is 1. The van der Waals surface area contributed by atoms with Crippen molar-refractivity contribution in [3.63, 3.8) is 0 Å². The number of nitrogens with zero attached hydrogens (tertiary/aromatic N) is 3. The van der Waals surface area contributed by atoms with Gasteiger partial charge in [-0.15, -0.1) is 0 Å². The average molecular weight is 822 g/mol. The summed E-state index contributed by atoms with van der Waals surface area (Å²) < 4.78 is 4.85. The summed E-state index contributed by atoms with van der Waals surface area (Å²) in [5.74, 6) is 5.23. The van der Waals surface area contributed by atoms with Crippen LogP contribution in [-0.2, 0) is 4.74 Å². The minimum Gasteiger partial charge on any atom is -0.396 e. The highest BCUT2D eigenvalue weighted by atomic mass is 16.5. The van der Waals surface area contributed by atoms with Crippen molar-refractivity contribution in [2.45, 2.75) is 187 Å². The molecule has 0 saturated carbocycles. The van der Waals surface area contributed by atoms with Crippen molar-refractivity contribution in [1.29, 1.82) is 0 Å². The Labute approximate surface area is 360 Å². The highest BCUT2D eigenvalue weighted by Gasteiger charge is 2.11. The molecule has 4 N–H and O–H groups in total. The van der Waals surface area contributed by atoms with Crippen molar-refractivity contribution in [2.24, 2.45) is 41.4 Å². The topological polar surface area (TPSA) is 99.9 Å². The van der Waals surface area contributed by atoms with Gasteiger partial charge in [0.25, 0.3) is 0 Å². The zero-order valence-electron chi connectivity index (χ0n) is 42.1. The van der Waals surface area contributed by atoms with Gasteiger partial charge in [0.15, 0.2) is 0 Å². The smallest absolute Gasteiger partial charge is 0.0773 e. The van der Waals surface area contributed by atoms with Crippen LogP contribution < -0.4 is 0 Å². The van der Waals surface area contributed by atoms with Gasteiger partial charge in [-0.2, -0.15) is 0 Å². The van der Waals surface area contributed by atoms with E-state index in [9.17, 15) is 0 Å². The van der Waals surface area contributed by atoms with Crippen LogP contribution in [-0.4, -0.2) is 135 Å². The second-order valence-corrected chi connectivity index (χ2v) is 19.6. The van der Waals surface area contributed by atoms with Crippen LogP contribution in [0, 0.1) is 41.4 Å². The van der Waals surface area contributed by atoms with E-state index in [1.54, 1.807) is 7.11 Å². The number of hydrogen-bond acceptors (Lipinski definition) is 8. The lowest BCUT2D eigenvalue weighted by atomic mass is 10.1. The Morgan fingerprint density at radius 3 is 1.07 bits per heavy atom. The third-order valence-corrected chi connectivity index (χ3v) is 9.35. The SMILES string of the molecule is CC(C)CC(O)CO.CC(C)CCCO.CC(C)CCN(C)C.CC(C)CCN1CCCC1.CC(C)CCN1CCCCC1.CC(C)CCO.COCCC(C)C. The van der Waals surface area contributed by atoms with Crippen LogP contribution in [0.5, 0.6) is 0 Å². The first-order valence-electron chi connectivity index (χ1n) is 23.8. The van der Waals surface area contributed by atoms with Gasteiger partial charge < -0.3 is 39.9 Å². The normalized spacial score (nSPS) is 14.9. The molecule has 8 nitrogen and oxygen atoms in total. The van der Waals surface area contributed by atoms with Crippen LogP contribution in [0.25, 0.3) is 0 Å². The van der Waals surface area contributed by atoms with E-state index >= 15 is 0 Å². The van der Waals surface area contributed by atoms with E-state index in [1.165, 1.54) is 104 Å². The van der Waals surface area contributed by atoms with Gasteiger partial charge in [0.2, 0.25) is 0 Å². The van der Waals surface area contributed by atoms with Crippen LogP contribution in [0.2, 0.25) is 0 Å². The summed E-state index contributed by atoms with van der Waals surface area (Å²) in [5, 5.41) is 33.7. The molecule has 1 atom stereocenters. The van der Waals surface area contributed by atoms with Gasteiger partial charge >= 0.3 is 0 Å². The van der Waals surface area contributed by atoms with E-state index in [0.717, 1.165) is 55.5 Å². The predicted molar refractivity (Wildman–Crippen MR) is 254 cm³/mol. The summed E-state index contributed by atoms with van der Waals surface area (Å²) in [4.78, 5) is 7.42. The molecule has 0 aromatic carbocycles. The fourth-order valence-electron chi connectivity index (χ4n) is 5.32. The predicted octanol–water partition coefficient (Wildman–Crippen LogP) is 10.7. The second kappa shape index (κ2) is 50.0. The first-order chi connectivity index (χ1) is 26.7. The standard InChI is InChI=1S/C10H21N.C9H19N.C7H17N.C6H14O2.2C6H14O.C5H12O/c1-10(2)6-9-11-7-4-3-5-8-11;1-9(2)5-8-10-6-3-4-7-10;1-7(2)5-6-8(3)4;1-5(2)3-6(8)4-7;1-6(2)4-5-7-3;1-6(2)4-3-5-7;1-5(2)3-4-6/h10H,3-9H2,1-2H3;9H,3-8H2,1-2H3;7H,5-6H2,1-4H3;5-8H,3-4H2,1-2H3;6H,4-5H2,1-3H3;6-7H,3-5H2,1-2H3;5-6H,3-4H2,1-2H3. The van der Waals surface area contributed by atoms with Crippen LogP contribution in [0.15, 0.2) is 0 Å². The molecule has 0 bridgehead atoms. The van der Waals surface area contributed by atoms with E-state index in [2.05, 4.69) is 112 Å². The number of aliphatic hydroxyl groups is 4. The Balaban J connectivity index is -0.000000186. The van der Waals surface area contributed by atoms with Crippen LogP contribution in [0.3, 0.4) is 0 Å². The van der Waals surface area contributed by atoms with Gasteiger partial charge in [-0.25, -0.2) is 0 Å². The number of aliphatic hydroxyl groups excluding tert-OH is 4. The molecule has 0 aromatic rings. The molecule has 0 aliphatic carbocycles. The fourth-order valence-corrected chi connectivity index (χ4v) is 5.32. The molecule has 2 aliphatic rings. The van der Waals surface area contributed by atoms with E-state index in [-0.39, 0.29) is 6.61 Å². The zero-order valence-corrected chi connectivity index (χ0v) is 42.1. The monoisotopic (exact) mass is 822 g/mol. The van der Waals surface area contributed by atoms with Gasteiger partial charge in [0.05, 0.1) is 12.7 Å². The first-order valence-corrected chi connectivity index (χ1v) is 23.8. The van der Waals surface area contributed by atoms with Gasteiger partial charge in [-0.1, -0.05) is 103 Å². The molecular weight excluding hydrogens is 711 g/mol. The lowest BCUT2D eigenvalue weighted by Crippen LogP contribution is -2.31. The van der Waals surface area contributed by atoms with Crippen molar-refractivity contribution in [3.8, 4) is 0 Å². The highest BCUT2D eigenvalue weighted by molar-refractivity contribution is 4.66. The Bertz CT molecular complexity index is 673. The van der Waals surface area contributed by atoms with Crippen molar-refractivity contribution in [3.05, 3.63) is 0 Å². The number of hydrogen-bond donors (Lipinski definition) is 4. The lowest BCUT2D eigenvalue weighted by Gasteiger charge is -2.26. The van der Waals surface area contributed by atoms with Crippen molar-refractivity contribution in [2.75, 3.05) is 93.4 Å². The molecule has 57 heavy (non-hydrogen) atoms. The molecule has 0 amide bonds. The summed E-state index contributed by atoms with van der Waals surface area (Å²) in [6.45, 7) is 41.4. The maximum Gasteiger partial charge on any atom is 0.0773 e. The number of rotatable bonds is 20. The fraction of sp³-hybridized carbons (Fsp3) is 1.00. The maximum absolute atomic E-state index is 8.78. The molecule has 2 saturated heterocycles. The van der Waals surface area contributed by atoms with Gasteiger partial charge in [0, 0.05) is 26.9 Å². The molecule has 2 aliphatic heterocycles. The number of piperidine rings is 1. The summed E-state index contributed by atoms with van der Waals surface area (Å²) in [5.41, 5.74) is 0. The molecule has 2 rings (SSSR count). The van der Waals surface area contributed by atoms with Crippen LogP contribution >= 0.6 is 0 Å². The Morgan fingerprint density at radius 1 is 0.491 bits per heavy atom. The molecule has 2 heterocycles. The minimum atomic E-state index is -0.519. The number of likely N-dealkylation sites (tertiary alicyclic amines) is 2. The molecule has 0 aromatic heterocycles. The summed E-state index contributed by atoms with van der Waals surface area (Å²) >= 11 is 0. The molecular formula is C49H111N3O5. The van der Waals surface area contributed by atoms with Gasteiger partial charge in [-0.05, 0) is 178 Å². The highest BCUT2D eigenvalue weighted by Crippen LogP contribution is 2.11. The molecule has 352 valence electrons.